The molecule has 0 spiro atoms. The second-order valence-electron chi connectivity index (χ2n) is 7.12. The average molecular weight is 363 g/mol. The van der Waals surface area contributed by atoms with Crippen molar-refractivity contribution in [3.8, 4) is 0 Å². The summed E-state index contributed by atoms with van der Waals surface area (Å²) < 4.78 is 1.94. The number of hydrogen-bond acceptors (Lipinski definition) is 3. The Kier molecular flexibility index (Phi) is 7.48. The minimum Gasteiger partial charge on any atom is -0.357 e. The lowest BCUT2D eigenvalue weighted by Crippen LogP contribution is -2.43. The number of aryl methyl sites for hydroxylation is 2. The van der Waals surface area contributed by atoms with Gasteiger partial charge in [-0.3, -0.25) is 14.5 Å². The van der Waals surface area contributed by atoms with Crippen LogP contribution in [0, 0.1) is 13.8 Å². The van der Waals surface area contributed by atoms with Crippen LogP contribution in [0.4, 0.5) is 0 Å². The second kappa shape index (κ2) is 9.59. The molecule has 2 N–H and O–H groups in total. The van der Waals surface area contributed by atoms with Crippen LogP contribution in [0.25, 0.3) is 0 Å². The highest BCUT2D eigenvalue weighted by molar-refractivity contribution is 5.80. The van der Waals surface area contributed by atoms with Crippen molar-refractivity contribution in [3.05, 3.63) is 17.0 Å². The van der Waals surface area contributed by atoms with Crippen LogP contribution in [0.1, 0.15) is 50.1 Å². The van der Waals surface area contributed by atoms with Crippen LogP contribution in [0.15, 0.2) is 4.99 Å². The van der Waals surface area contributed by atoms with Gasteiger partial charge in [0.05, 0.1) is 5.69 Å². The number of carbonyl (C=O) groups excluding carboxylic acids is 1. The van der Waals surface area contributed by atoms with Gasteiger partial charge in [-0.05, 0) is 52.5 Å². The maximum absolute atomic E-state index is 11.6. The molecule has 0 saturated carbocycles. The summed E-state index contributed by atoms with van der Waals surface area (Å²) in [6, 6.07) is 0.259. The Morgan fingerprint density at radius 3 is 2.73 bits per heavy atom. The van der Waals surface area contributed by atoms with E-state index >= 15 is 0 Å². The number of rotatable bonds is 8. The molecule has 1 unspecified atom stereocenters. The van der Waals surface area contributed by atoms with Gasteiger partial charge in [-0.2, -0.15) is 5.10 Å². The van der Waals surface area contributed by atoms with Crippen molar-refractivity contribution in [2.45, 2.75) is 59.4 Å². The van der Waals surface area contributed by atoms with E-state index in [0.717, 1.165) is 57.1 Å². The first-order chi connectivity index (χ1) is 12.4. The van der Waals surface area contributed by atoms with Gasteiger partial charge in [-0.25, -0.2) is 0 Å². The number of nitrogens with zero attached hydrogens (tertiary/aromatic N) is 4. The van der Waals surface area contributed by atoms with Crippen molar-refractivity contribution >= 4 is 11.9 Å². The van der Waals surface area contributed by atoms with Crippen molar-refractivity contribution in [2.24, 2.45) is 12.0 Å². The van der Waals surface area contributed by atoms with Crippen molar-refractivity contribution < 1.29 is 4.79 Å². The summed E-state index contributed by atoms with van der Waals surface area (Å²) in [6.45, 7) is 11.7. The van der Waals surface area contributed by atoms with Gasteiger partial charge in [-0.1, -0.05) is 0 Å². The molecular weight excluding hydrogens is 328 g/mol. The Labute approximate surface area is 157 Å². The number of aromatic nitrogens is 2. The highest BCUT2D eigenvalue weighted by Crippen LogP contribution is 2.14. The van der Waals surface area contributed by atoms with Gasteiger partial charge in [-0.15, -0.1) is 0 Å². The van der Waals surface area contributed by atoms with Gasteiger partial charge < -0.3 is 15.5 Å². The predicted molar refractivity (Wildman–Crippen MR) is 105 cm³/mol. The van der Waals surface area contributed by atoms with E-state index in [-0.39, 0.29) is 11.9 Å². The van der Waals surface area contributed by atoms with Crippen LogP contribution in [-0.2, 0) is 18.3 Å². The monoisotopic (exact) mass is 362 g/mol. The molecule has 1 amide bonds. The molecule has 2 rings (SSSR count). The zero-order valence-corrected chi connectivity index (χ0v) is 16.9. The minimum absolute atomic E-state index is 0.259. The molecular formula is C19H34N6O. The number of hydrogen-bond donors (Lipinski definition) is 2. The molecule has 1 saturated heterocycles. The Hall–Kier alpha value is -2.05. The molecule has 1 fully saturated rings. The van der Waals surface area contributed by atoms with Crippen molar-refractivity contribution in [3.63, 3.8) is 0 Å². The topological polar surface area (TPSA) is 74.6 Å². The molecule has 1 aliphatic heterocycles. The lowest BCUT2D eigenvalue weighted by molar-refractivity contribution is -0.127. The van der Waals surface area contributed by atoms with E-state index in [0.29, 0.717) is 6.42 Å². The van der Waals surface area contributed by atoms with E-state index < -0.39 is 0 Å². The third-order valence-corrected chi connectivity index (χ3v) is 4.92. The zero-order valence-electron chi connectivity index (χ0n) is 16.9. The molecule has 7 heteroatoms. The van der Waals surface area contributed by atoms with Gasteiger partial charge >= 0.3 is 0 Å². The summed E-state index contributed by atoms with van der Waals surface area (Å²) in [4.78, 5) is 18.3. The molecule has 1 aromatic heterocycles. The molecule has 1 aromatic rings. The quantitative estimate of drug-likeness (QED) is 0.418. The average Bonchev–Trinajstić information content (AvgIpc) is 3.10. The fourth-order valence-electron chi connectivity index (χ4n) is 3.42. The highest BCUT2D eigenvalue weighted by atomic mass is 16.2. The lowest BCUT2D eigenvalue weighted by Gasteiger charge is -2.18. The Bertz CT molecular complexity index is 636. The van der Waals surface area contributed by atoms with Gasteiger partial charge in [0.15, 0.2) is 5.96 Å². The van der Waals surface area contributed by atoms with Crippen molar-refractivity contribution in [1.82, 2.24) is 25.3 Å². The normalized spacial score (nSPS) is 16.3. The standard InChI is InChI=1S/C19H34N6O/c1-6-20-19(21-10-8-12-25-11-7-9-18(25)26)22-14(2)13-17-15(3)23-24(5)16(17)4/h14H,6-13H2,1-5H3,(H2,20,21,22). The number of aliphatic imine (C=N–C) groups is 1. The molecule has 0 bridgehead atoms. The van der Waals surface area contributed by atoms with Gasteiger partial charge in [0.25, 0.3) is 0 Å². The third-order valence-electron chi connectivity index (χ3n) is 4.92. The fourth-order valence-corrected chi connectivity index (χ4v) is 3.42. The number of guanidine groups is 1. The first-order valence-electron chi connectivity index (χ1n) is 9.74. The summed E-state index contributed by atoms with van der Waals surface area (Å²) in [7, 11) is 1.99. The maximum atomic E-state index is 11.6. The molecule has 0 radical (unpaired) electrons. The first-order valence-corrected chi connectivity index (χ1v) is 9.74. The summed E-state index contributed by atoms with van der Waals surface area (Å²) in [5.74, 6) is 1.13. The smallest absolute Gasteiger partial charge is 0.222 e. The SMILES string of the molecule is CCNC(=NCCCN1CCCC1=O)NC(C)Cc1c(C)nn(C)c1C. The van der Waals surface area contributed by atoms with E-state index in [2.05, 4.69) is 48.4 Å². The van der Waals surface area contributed by atoms with Gasteiger partial charge in [0.1, 0.15) is 0 Å². The van der Waals surface area contributed by atoms with Crippen LogP contribution < -0.4 is 10.6 Å². The first kappa shape index (κ1) is 20.3. The fraction of sp³-hybridized carbons (Fsp3) is 0.737. The van der Waals surface area contributed by atoms with Crippen LogP contribution >= 0.6 is 0 Å². The van der Waals surface area contributed by atoms with E-state index in [4.69, 9.17) is 0 Å². The number of likely N-dealkylation sites (tertiary alicyclic amines) is 1. The number of carbonyl (C=O) groups is 1. The van der Waals surface area contributed by atoms with E-state index in [9.17, 15) is 4.79 Å². The zero-order chi connectivity index (χ0) is 19.1. The van der Waals surface area contributed by atoms with Gasteiger partial charge in [0.2, 0.25) is 5.91 Å². The minimum atomic E-state index is 0.259. The van der Waals surface area contributed by atoms with Crippen LogP contribution in [0.5, 0.6) is 0 Å². The Morgan fingerprint density at radius 1 is 1.38 bits per heavy atom. The van der Waals surface area contributed by atoms with E-state index in [1.807, 2.05) is 16.6 Å². The van der Waals surface area contributed by atoms with Crippen LogP contribution in [0.3, 0.4) is 0 Å². The molecule has 1 aliphatic rings. The molecule has 0 aliphatic carbocycles. The molecule has 26 heavy (non-hydrogen) atoms. The summed E-state index contributed by atoms with van der Waals surface area (Å²) >= 11 is 0. The third kappa shape index (κ3) is 5.47. The number of amides is 1. The molecule has 7 nitrogen and oxygen atoms in total. The summed E-state index contributed by atoms with van der Waals surface area (Å²) in [5.41, 5.74) is 3.61. The predicted octanol–water partition coefficient (Wildman–Crippen LogP) is 1.54. The maximum Gasteiger partial charge on any atom is 0.222 e. The van der Waals surface area contributed by atoms with Crippen molar-refractivity contribution in [1.29, 1.82) is 0 Å². The van der Waals surface area contributed by atoms with Crippen molar-refractivity contribution in [2.75, 3.05) is 26.2 Å². The Balaban J connectivity index is 1.84. The lowest BCUT2D eigenvalue weighted by atomic mass is 10.1. The van der Waals surface area contributed by atoms with Crippen LogP contribution in [-0.4, -0.2) is 58.8 Å². The summed E-state index contributed by atoms with van der Waals surface area (Å²) in [5, 5.41) is 11.3. The second-order valence-corrected chi connectivity index (χ2v) is 7.12. The molecule has 2 heterocycles. The number of nitrogens with one attached hydrogen (secondary N) is 2. The largest absolute Gasteiger partial charge is 0.357 e. The van der Waals surface area contributed by atoms with E-state index in [1.54, 1.807) is 0 Å². The van der Waals surface area contributed by atoms with Gasteiger partial charge in [0, 0.05) is 51.4 Å². The molecule has 146 valence electrons. The Morgan fingerprint density at radius 2 is 2.15 bits per heavy atom. The highest BCUT2D eigenvalue weighted by Gasteiger charge is 2.19. The van der Waals surface area contributed by atoms with Crippen LogP contribution in [0.2, 0.25) is 0 Å². The van der Waals surface area contributed by atoms with E-state index in [1.165, 1.54) is 11.3 Å². The summed E-state index contributed by atoms with van der Waals surface area (Å²) in [6.07, 6.45) is 3.52. The molecule has 0 aromatic carbocycles. The molecule has 1 atom stereocenters.